The molecule has 2 heterocycles. The van der Waals surface area contributed by atoms with Crippen LogP contribution in [0.1, 0.15) is 23.8 Å². The fourth-order valence-electron chi connectivity index (χ4n) is 2.38. The van der Waals surface area contributed by atoms with Crippen molar-refractivity contribution in [2.24, 2.45) is 0 Å². The van der Waals surface area contributed by atoms with E-state index in [1.165, 1.54) is 0 Å². The van der Waals surface area contributed by atoms with E-state index in [4.69, 9.17) is 23.2 Å². The monoisotopic (exact) mass is 325 g/mol. The van der Waals surface area contributed by atoms with E-state index >= 15 is 0 Å². The lowest BCUT2D eigenvalue weighted by Crippen LogP contribution is -2.11. The average molecular weight is 326 g/mol. The number of aromatic nitrogens is 3. The molecule has 0 aliphatic rings. The third-order valence-electron chi connectivity index (χ3n) is 3.26. The third-order valence-corrected chi connectivity index (χ3v) is 4.70. The zero-order valence-corrected chi connectivity index (χ0v) is 13.2. The molecule has 3 rings (SSSR count). The fourth-order valence-corrected chi connectivity index (χ4v) is 3.44. The number of para-hydroxylation sites is 1. The SMILES string of the molecule is CC(c1nccs1)n1c(CCCl)nc2c(Cl)cccc21. The second-order valence-electron chi connectivity index (χ2n) is 4.49. The number of hydrogen-bond acceptors (Lipinski definition) is 3. The van der Waals surface area contributed by atoms with Gasteiger partial charge in [0.05, 0.1) is 16.6 Å². The highest BCUT2D eigenvalue weighted by Gasteiger charge is 2.19. The van der Waals surface area contributed by atoms with Crippen LogP contribution in [0.5, 0.6) is 0 Å². The molecule has 3 aromatic rings. The van der Waals surface area contributed by atoms with Crippen molar-refractivity contribution < 1.29 is 0 Å². The van der Waals surface area contributed by atoms with Crippen LogP contribution in [0.2, 0.25) is 5.02 Å². The van der Waals surface area contributed by atoms with Crippen LogP contribution in [-0.2, 0) is 6.42 Å². The van der Waals surface area contributed by atoms with Crippen molar-refractivity contribution in [3.8, 4) is 0 Å². The Balaban J connectivity index is 2.21. The number of alkyl halides is 1. The topological polar surface area (TPSA) is 30.7 Å². The van der Waals surface area contributed by atoms with Crippen molar-refractivity contribution in [1.29, 1.82) is 0 Å². The number of thiazole rings is 1. The Labute approximate surface area is 131 Å². The first-order valence-electron chi connectivity index (χ1n) is 6.33. The molecule has 6 heteroatoms. The van der Waals surface area contributed by atoms with E-state index in [0.717, 1.165) is 21.9 Å². The highest BCUT2D eigenvalue weighted by molar-refractivity contribution is 7.09. The van der Waals surface area contributed by atoms with Crippen molar-refractivity contribution in [3.05, 3.63) is 45.6 Å². The molecule has 0 amide bonds. The standard InChI is InChI=1S/C14H13Cl2N3S/c1-9(14-17-7-8-20-14)19-11-4-2-3-10(16)13(11)18-12(19)5-6-15/h2-4,7-9H,5-6H2,1H3. The molecule has 0 N–H and O–H groups in total. The first-order chi connectivity index (χ1) is 9.72. The summed E-state index contributed by atoms with van der Waals surface area (Å²) in [5, 5.41) is 3.71. The third kappa shape index (κ3) is 2.32. The molecular weight excluding hydrogens is 313 g/mol. The van der Waals surface area contributed by atoms with Gasteiger partial charge in [0.25, 0.3) is 0 Å². The summed E-state index contributed by atoms with van der Waals surface area (Å²) in [5.41, 5.74) is 1.86. The van der Waals surface area contributed by atoms with Gasteiger partial charge in [0.15, 0.2) is 0 Å². The molecule has 0 aliphatic carbocycles. The number of benzene rings is 1. The molecule has 3 nitrogen and oxygen atoms in total. The summed E-state index contributed by atoms with van der Waals surface area (Å²) in [5.74, 6) is 1.48. The molecular formula is C14H13Cl2N3S. The maximum Gasteiger partial charge on any atom is 0.115 e. The lowest BCUT2D eigenvalue weighted by molar-refractivity contribution is 0.620. The Bertz CT molecular complexity index is 721. The van der Waals surface area contributed by atoms with Gasteiger partial charge in [-0.2, -0.15) is 0 Å². The minimum absolute atomic E-state index is 0.122. The average Bonchev–Trinajstić information content (AvgIpc) is 3.06. The number of aryl methyl sites for hydroxylation is 1. The van der Waals surface area contributed by atoms with E-state index in [1.54, 1.807) is 11.3 Å². The van der Waals surface area contributed by atoms with E-state index in [9.17, 15) is 0 Å². The van der Waals surface area contributed by atoms with Gasteiger partial charge >= 0.3 is 0 Å². The predicted molar refractivity (Wildman–Crippen MR) is 85.1 cm³/mol. The molecule has 1 aromatic carbocycles. The smallest absolute Gasteiger partial charge is 0.115 e. The minimum Gasteiger partial charge on any atom is -0.318 e. The van der Waals surface area contributed by atoms with E-state index < -0.39 is 0 Å². The van der Waals surface area contributed by atoms with Crippen LogP contribution in [0, 0.1) is 0 Å². The summed E-state index contributed by atoms with van der Waals surface area (Å²) >= 11 is 13.8. The number of halogens is 2. The number of fused-ring (bicyclic) bond motifs is 1. The summed E-state index contributed by atoms with van der Waals surface area (Å²) in [6, 6.07) is 5.97. The van der Waals surface area contributed by atoms with Crippen molar-refractivity contribution in [2.45, 2.75) is 19.4 Å². The second kappa shape index (κ2) is 5.72. The second-order valence-corrected chi connectivity index (χ2v) is 6.20. The van der Waals surface area contributed by atoms with Crippen molar-refractivity contribution in [2.75, 3.05) is 5.88 Å². The molecule has 0 aliphatic heterocycles. The van der Waals surface area contributed by atoms with Crippen molar-refractivity contribution >= 4 is 45.6 Å². The molecule has 0 radical (unpaired) electrons. The van der Waals surface area contributed by atoms with E-state index in [-0.39, 0.29) is 6.04 Å². The first kappa shape index (κ1) is 13.9. The minimum atomic E-state index is 0.122. The first-order valence-corrected chi connectivity index (χ1v) is 8.12. The molecule has 0 saturated carbocycles. The quantitative estimate of drug-likeness (QED) is 0.659. The lowest BCUT2D eigenvalue weighted by atomic mass is 10.2. The zero-order chi connectivity index (χ0) is 14.1. The maximum atomic E-state index is 6.25. The van der Waals surface area contributed by atoms with Crippen molar-refractivity contribution in [3.63, 3.8) is 0 Å². The Kier molecular flexibility index (Phi) is 3.96. The molecule has 0 bridgehead atoms. The van der Waals surface area contributed by atoms with Gasteiger partial charge in [-0.1, -0.05) is 17.7 Å². The van der Waals surface area contributed by atoms with Crippen LogP contribution in [0.25, 0.3) is 11.0 Å². The Morgan fingerprint density at radius 1 is 1.40 bits per heavy atom. The molecule has 104 valence electrons. The van der Waals surface area contributed by atoms with Crippen LogP contribution < -0.4 is 0 Å². The molecule has 2 aromatic heterocycles. The van der Waals surface area contributed by atoms with Gasteiger partial charge in [-0.05, 0) is 19.1 Å². The molecule has 1 atom stereocenters. The maximum absolute atomic E-state index is 6.25. The number of rotatable bonds is 4. The van der Waals surface area contributed by atoms with Gasteiger partial charge in [-0.15, -0.1) is 22.9 Å². The lowest BCUT2D eigenvalue weighted by Gasteiger charge is -2.15. The number of imidazole rings is 1. The number of hydrogen-bond donors (Lipinski definition) is 0. The summed E-state index contributed by atoms with van der Waals surface area (Å²) in [6.07, 6.45) is 2.53. The van der Waals surface area contributed by atoms with E-state index in [0.29, 0.717) is 17.3 Å². The molecule has 0 saturated heterocycles. The van der Waals surface area contributed by atoms with Crippen LogP contribution in [0.15, 0.2) is 29.8 Å². The molecule has 0 spiro atoms. The van der Waals surface area contributed by atoms with Gasteiger partial charge in [-0.3, -0.25) is 0 Å². The summed E-state index contributed by atoms with van der Waals surface area (Å²) < 4.78 is 2.18. The summed E-state index contributed by atoms with van der Waals surface area (Å²) in [6.45, 7) is 2.12. The van der Waals surface area contributed by atoms with Crippen LogP contribution in [0.4, 0.5) is 0 Å². The van der Waals surface area contributed by atoms with Gasteiger partial charge in [-0.25, -0.2) is 9.97 Å². The molecule has 20 heavy (non-hydrogen) atoms. The van der Waals surface area contributed by atoms with Crippen LogP contribution in [0.3, 0.4) is 0 Å². The van der Waals surface area contributed by atoms with Gasteiger partial charge in [0.1, 0.15) is 16.3 Å². The molecule has 1 unspecified atom stereocenters. The Morgan fingerprint density at radius 2 is 2.25 bits per heavy atom. The van der Waals surface area contributed by atoms with Gasteiger partial charge < -0.3 is 4.57 Å². The predicted octanol–water partition coefficient (Wildman–Crippen LogP) is 4.54. The highest BCUT2D eigenvalue weighted by atomic mass is 35.5. The van der Waals surface area contributed by atoms with E-state index in [1.807, 2.05) is 29.8 Å². The number of nitrogens with zero attached hydrogens (tertiary/aromatic N) is 3. The fraction of sp³-hybridized carbons (Fsp3) is 0.286. The van der Waals surface area contributed by atoms with Crippen LogP contribution in [-0.4, -0.2) is 20.4 Å². The van der Waals surface area contributed by atoms with Crippen molar-refractivity contribution in [1.82, 2.24) is 14.5 Å². The molecule has 0 fully saturated rings. The summed E-state index contributed by atoms with van der Waals surface area (Å²) in [4.78, 5) is 9.06. The van der Waals surface area contributed by atoms with Crippen LogP contribution >= 0.6 is 34.5 Å². The Morgan fingerprint density at radius 3 is 2.95 bits per heavy atom. The Hall–Kier alpha value is -1.10. The van der Waals surface area contributed by atoms with E-state index in [2.05, 4.69) is 21.5 Å². The highest BCUT2D eigenvalue weighted by Crippen LogP contribution is 2.30. The van der Waals surface area contributed by atoms with Gasteiger partial charge in [0.2, 0.25) is 0 Å². The zero-order valence-electron chi connectivity index (χ0n) is 10.9. The normalized spacial score (nSPS) is 12.9. The largest absolute Gasteiger partial charge is 0.318 e. The van der Waals surface area contributed by atoms with Gasteiger partial charge in [0, 0.05) is 23.9 Å². The summed E-state index contributed by atoms with van der Waals surface area (Å²) in [7, 11) is 0.